The van der Waals surface area contributed by atoms with E-state index in [4.69, 9.17) is 4.74 Å². The average Bonchev–Trinajstić information content (AvgIpc) is 3.32. The van der Waals surface area contributed by atoms with Crippen molar-refractivity contribution in [2.45, 2.75) is 31.7 Å². The molecule has 4 heterocycles. The zero-order valence-electron chi connectivity index (χ0n) is 15.6. The zero-order valence-corrected chi connectivity index (χ0v) is 16.4. The number of carbonyl (C=O) groups excluding carboxylic acids is 2. The van der Waals surface area contributed by atoms with Crippen molar-refractivity contribution in [2.24, 2.45) is 5.92 Å². The summed E-state index contributed by atoms with van der Waals surface area (Å²) in [6, 6.07) is 0.0355. The third-order valence-electron chi connectivity index (χ3n) is 5.00. The summed E-state index contributed by atoms with van der Waals surface area (Å²) in [7, 11) is 0. The van der Waals surface area contributed by atoms with Gasteiger partial charge in [0.05, 0.1) is 25.0 Å². The summed E-state index contributed by atoms with van der Waals surface area (Å²) < 4.78 is 7.20. The van der Waals surface area contributed by atoms with Crippen molar-refractivity contribution in [2.75, 3.05) is 18.5 Å². The molecule has 29 heavy (non-hydrogen) atoms. The molecule has 0 aromatic carbocycles. The van der Waals surface area contributed by atoms with Crippen LogP contribution in [0, 0.1) is 5.92 Å². The van der Waals surface area contributed by atoms with Crippen LogP contribution in [0.2, 0.25) is 0 Å². The van der Waals surface area contributed by atoms with E-state index in [1.54, 1.807) is 23.0 Å². The van der Waals surface area contributed by atoms with Crippen LogP contribution in [0.25, 0.3) is 17.0 Å². The van der Waals surface area contributed by atoms with Crippen molar-refractivity contribution in [1.29, 1.82) is 0 Å². The van der Waals surface area contributed by atoms with Crippen LogP contribution in [0.15, 0.2) is 24.0 Å². The molecular formula is C19H20N6O3S. The molecule has 150 valence electrons. The number of hydrogen-bond acceptors (Lipinski definition) is 7. The second-order valence-corrected chi connectivity index (χ2v) is 8.21. The van der Waals surface area contributed by atoms with E-state index < -0.39 is 0 Å². The molecular weight excluding hydrogens is 392 g/mol. The lowest BCUT2D eigenvalue weighted by Crippen LogP contribution is -2.40. The molecule has 5 rings (SSSR count). The molecule has 1 atom stereocenters. The predicted molar refractivity (Wildman–Crippen MR) is 107 cm³/mol. The number of amides is 2. The van der Waals surface area contributed by atoms with Gasteiger partial charge in [0.2, 0.25) is 5.91 Å². The molecule has 0 radical (unpaired) electrons. The first-order valence-electron chi connectivity index (χ1n) is 9.66. The molecule has 2 N–H and O–H groups in total. The number of fused-ring (bicyclic) bond motifs is 1. The first-order chi connectivity index (χ1) is 14.2. The van der Waals surface area contributed by atoms with Crippen molar-refractivity contribution in [3.8, 4) is 11.4 Å². The summed E-state index contributed by atoms with van der Waals surface area (Å²) in [4.78, 5) is 37.6. The van der Waals surface area contributed by atoms with Gasteiger partial charge in [0.15, 0.2) is 16.5 Å². The minimum atomic E-state index is -0.189. The smallest absolute Gasteiger partial charge is 0.280 e. The van der Waals surface area contributed by atoms with E-state index in [0.717, 1.165) is 32.3 Å². The van der Waals surface area contributed by atoms with Gasteiger partial charge in [0.25, 0.3) is 5.91 Å². The van der Waals surface area contributed by atoms with E-state index in [0.29, 0.717) is 34.5 Å². The summed E-state index contributed by atoms with van der Waals surface area (Å²) in [5.74, 6) is 0.452. The van der Waals surface area contributed by atoms with E-state index >= 15 is 0 Å². The number of rotatable bonds is 5. The molecule has 2 fully saturated rings. The van der Waals surface area contributed by atoms with E-state index in [-0.39, 0.29) is 23.8 Å². The molecule has 3 aromatic heterocycles. The number of imidazole rings is 1. The minimum Gasteiger partial charge on any atom is -0.379 e. The van der Waals surface area contributed by atoms with Gasteiger partial charge >= 0.3 is 0 Å². The summed E-state index contributed by atoms with van der Waals surface area (Å²) in [5.41, 5.74) is 1.89. The van der Waals surface area contributed by atoms with Crippen LogP contribution in [0.5, 0.6) is 0 Å². The standard InChI is InChI=1S/C19H20N6O3S/c26-17(11-3-4-11)24-15-8-25-7-13(20-6-16(25)23-15)14-10-29-19(22-14)18(27)21-12-2-1-5-28-9-12/h6-8,10-12H,1-5,9H2,(H,21,27)(H,24,26). The zero-order chi connectivity index (χ0) is 19.8. The largest absolute Gasteiger partial charge is 0.379 e. The maximum absolute atomic E-state index is 12.4. The number of thiazole rings is 1. The van der Waals surface area contributed by atoms with Crippen LogP contribution >= 0.6 is 11.3 Å². The van der Waals surface area contributed by atoms with Crippen molar-refractivity contribution < 1.29 is 14.3 Å². The molecule has 2 amide bonds. The molecule has 1 aliphatic carbocycles. The minimum absolute atomic E-state index is 0.0140. The van der Waals surface area contributed by atoms with Gasteiger partial charge in [-0.25, -0.2) is 15.0 Å². The molecule has 1 unspecified atom stereocenters. The third-order valence-corrected chi connectivity index (χ3v) is 5.84. The molecule has 10 heteroatoms. The van der Waals surface area contributed by atoms with Gasteiger partial charge in [-0.1, -0.05) is 0 Å². The van der Waals surface area contributed by atoms with Crippen molar-refractivity contribution in [3.63, 3.8) is 0 Å². The van der Waals surface area contributed by atoms with Gasteiger partial charge in [-0.2, -0.15) is 0 Å². The SMILES string of the molecule is O=C(NC1CCCOC1)c1nc(-c2cn3cc(NC(=O)C4CC4)nc3cn2)cs1. The maximum atomic E-state index is 12.4. The van der Waals surface area contributed by atoms with E-state index in [1.807, 2.05) is 5.38 Å². The fourth-order valence-corrected chi connectivity index (χ4v) is 3.98. The first kappa shape index (κ1) is 18.2. The summed E-state index contributed by atoms with van der Waals surface area (Å²) in [6.45, 7) is 1.30. The lowest BCUT2D eigenvalue weighted by Gasteiger charge is -2.22. The van der Waals surface area contributed by atoms with Crippen LogP contribution < -0.4 is 10.6 Å². The Hall–Kier alpha value is -2.85. The fourth-order valence-electron chi connectivity index (χ4n) is 3.26. The Morgan fingerprint density at radius 2 is 2.07 bits per heavy atom. The fraction of sp³-hybridized carbons (Fsp3) is 0.421. The lowest BCUT2D eigenvalue weighted by atomic mass is 10.1. The summed E-state index contributed by atoms with van der Waals surface area (Å²) in [6.07, 6.45) is 8.93. The number of ether oxygens (including phenoxy) is 1. The van der Waals surface area contributed by atoms with Gasteiger partial charge in [-0.05, 0) is 25.7 Å². The highest BCUT2D eigenvalue weighted by molar-refractivity contribution is 7.12. The molecule has 0 spiro atoms. The van der Waals surface area contributed by atoms with E-state index in [9.17, 15) is 9.59 Å². The second-order valence-electron chi connectivity index (χ2n) is 7.35. The second kappa shape index (κ2) is 7.53. The number of nitrogens with one attached hydrogen (secondary N) is 2. The Morgan fingerprint density at radius 3 is 2.86 bits per heavy atom. The number of anilines is 1. The number of carbonyl (C=O) groups is 2. The van der Waals surface area contributed by atoms with E-state index in [2.05, 4.69) is 25.6 Å². The number of hydrogen-bond donors (Lipinski definition) is 2. The molecule has 3 aromatic rings. The Labute approximate surface area is 170 Å². The van der Waals surface area contributed by atoms with Crippen LogP contribution in [0.3, 0.4) is 0 Å². The average molecular weight is 412 g/mol. The van der Waals surface area contributed by atoms with E-state index in [1.165, 1.54) is 11.3 Å². The van der Waals surface area contributed by atoms with Crippen LogP contribution in [-0.2, 0) is 9.53 Å². The quantitative estimate of drug-likeness (QED) is 0.664. The monoisotopic (exact) mass is 412 g/mol. The van der Waals surface area contributed by atoms with Gasteiger partial charge in [-0.3, -0.25) is 9.59 Å². The highest BCUT2D eigenvalue weighted by atomic mass is 32.1. The topological polar surface area (TPSA) is 111 Å². The van der Waals surface area contributed by atoms with Gasteiger partial charge in [0.1, 0.15) is 11.4 Å². The molecule has 9 nitrogen and oxygen atoms in total. The van der Waals surface area contributed by atoms with Gasteiger partial charge in [-0.15, -0.1) is 11.3 Å². The summed E-state index contributed by atoms with van der Waals surface area (Å²) in [5, 5.41) is 8.02. The Bertz CT molecular complexity index is 1070. The van der Waals surface area contributed by atoms with Gasteiger partial charge in [0, 0.05) is 24.1 Å². The maximum Gasteiger partial charge on any atom is 0.280 e. The van der Waals surface area contributed by atoms with Crippen molar-refractivity contribution >= 4 is 34.6 Å². The van der Waals surface area contributed by atoms with Crippen LogP contribution in [-0.4, -0.2) is 50.4 Å². The highest BCUT2D eigenvalue weighted by Crippen LogP contribution is 2.30. The molecule has 1 aliphatic heterocycles. The highest BCUT2D eigenvalue weighted by Gasteiger charge is 2.30. The Kier molecular flexibility index (Phi) is 4.72. The number of aromatic nitrogens is 4. The molecule has 2 aliphatic rings. The first-order valence-corrected chi connectivity index (χ1v) is 10.5. The van der Waals surface area contributed by atoms with Gasteiger partial charge < -0.3 is 19.8 Å². The van der Waals surface area contributed by atoms with Crippen molar-refractivity contribution in [1.82, 2.24) is 24.7 Å². The lowest BCUT2D eigenvalue weighted by molar-refractivity contribution is -0.117. The molecule has 1 saturated heterocycles. The summed E-state index contributed by atoms with van der Waals surface area (Å²) >= 11 is 1.28. The van der Waals surface area contributed by atoms with Crippen LogP contribution in [0.4, 0.5) is 5.82 Å². The third kappa shape index (κ3) is 3.99. The predicted octanol–water partition coefficient (Wildman–Crippen LogP) is 2.11. The Morgan fingerprint density at radius 1 is 1.17 bits per heavy atom. The molecule has 0 bridgehead atoms. The normalized spacial score (nSPS) is 19.2. The Balaban J connectivity index is 1.31. The molecule has 1 saturated carbocycles. The van der Waals surface area contributed by atoms with Crippen molar-refractivity contribution in [3.05, 3.63) is 29.0 Å². The number of nitrogens with zero attached hydrogens (tertiary/aromatic N) is 4. The van der Waals surface area contributed by atoms with Crippen LogP contribution in [0.1, 0.15) is 35.5 Å².